The Hall–Kier alpha value is -2.27. The number of nitrogens with one attached hydrogen (secondary N) is 2. The van der Waals surface area contributed by atoms with Gasteiger partial charge in [-0.3, -0.25) is 9.59 Å². The Kier molecular flexibility index (Phi) is 6.65. The van der Waals surface area contributed by atoms with E-state index in [9.17, 15) is 9.59 Å². The molecule has 25 heavy (non-hydrogen) atoms. The summed E-state index contributed by atoms with van der Waals surface area (Å²) in [5, 5.41) is 5.69. The number of hydrogen-bond donors (Lipinski definition) is 2. The molecule has 0 bridgehead atoms. The predicted molar refractivity (Wildman–Crippen MR) is 105 cm³/mol. The maximum absolute atomic E-state index is 12.1. The van der Waals surface area contributed by atoms with E-state index < -0.39 is 0 Å². The highest BCUT2D eigenvalue weighted by atomic mass is 32.2. The Morgan fingerprint density at radius 2 is 1.64 bits per heavy atom. The lowest BCUT2D eigenvalue weighted by Gasteiger charge is -2.20. The first-order valence-electron chi connectivity index (χ1n) is 8.19. The van der Waals surface area contributed by atoms with Gasteiger partial charge in [-0.1, -0.05) is 54.2 Å². The maximum Gasteiger partial charge on any atom is 0.283 e. The molecule has 0 saturated heterocycles. The summed E-state index contributed by atoms with van der Waals surface area (Å²) < 4.78 is 0. The van der Waals surface area contributed by atoms with Crippen molar-refractivity contribution in [2.75, 3.05) is 5.32 Å². The second-order valence-corrected chi connectivity index (χ2v) is 7.81. The smallest absolute Gasteiger partial charge is 0.283 e. The van der Waals surface area contributed by atoms with Crippen molar-refractivity contribution in [2.45, 2.75) is 38.5 Å². The topological polar surface area (TPSA) is 58.2 Å². The summed E-state index contributed by atoms with van der Waals surface area (Å²) in [5.74, 6) is 0.592. The maximum atomic E-state index is 12.1. The van der Waals surface area contributed by atoms with Crippen LogP contribution in [0.5, 0.6) is 0 Å². The number of anilines is 1. The highest BCUT2D eigenvalue weighted by Gasteiger charge is 2.14. The molecule has 2 amide bonds. The van der Waals surface area contributed by atoms with Crippen LogP contribution in [-0.2, 0) is 17.0 Å². The van der Waals surface area contributed by atoms with E-state index in [0.717, 1.165) is 11.1 Å². The first-order valence-corrected chi connectivity index (χ1v) is 9.18. The molecule has 0 aliphatic rings. The molecule has 0 heterocycles. The number of hydrogen-bond acceptors (Lipinski definition) is 3. The molecular weight excluding hydrogens is 332 g/mol. The standard InChI is InChI=1S/C20H24N2O2S/c1-20(2,3)22-18(23)13-16-10-7-11-17(12-16)21-19(24)25-14-15-8-5-4-6-9-15/h4-12H,13-14H2,1-3H3,(H,21,24)(H,22,23). The number of amides is 2. The summed E-state index contributed by atoms with van der Waals surface area (Å²) in [4.78, 5) is 24.1. The molecular formula is C20H24N2O2S. The van der Waals surface area contributed by atoms with Crippen LogP contribution in [0.3, 0.4) is 0 Å². The van der Waals surface area contributed by atoms with Crippen LogP contribution in [0.25, 0.3) is 0 Å². The molecule has 0 aliphatic carbocycles. The van der Waals surface area contributed by atoms with Gasteiger partial charge in [-0.25, -0.2) is 0 Å². The van der Waals surface area contributed by atoms with Gasteiger partial charge >= 0.3 is 0 Å². The minimum absolute atomic E-state index is 0.0329. The van der Waals surface area contributed by atoms with Gasteiger partial charge in [0.05, 0.1) is 6.42 Å². The van der Waals surface area contributed by atoms with Crippen molar-refractivity contribution in [2.24, 2.45) is 0 Å². The van der Waals surface area contributed by atoms with Crippen LogP contribution in [0.4, 0.5) is 10.5 Å². The first-order chi connectivity index (χ1) is 11.8. The molecule has 2 aromatic rings. The van der Waals surface area contributed by atoms with Crippen molar-refractivity contribution >= 4 is 28.6 Å². The number of carbonyl (C=O) groups is 2. The summed E-state index contributed by atoms with van der Waals surface area (Å²) in [6.07, 6.45) is 0.290. The average Bonchev–Trinajstić information content (AvgIpc) is 2.52. The lowest BCUT2D eigenvalue weighted by atomic mass is 10.1. The van der Waals surface area contributed by atoms with Crippen LogP contribution in [-0.4, -0.2) is 16.7 Å². The molecule has 0 atom stereocenters. The van der Waals surface area contributed by atoms with Crippen molar-refractivity contribution in [1.82, 2.24) is 5.32 Å². The van der Waals surface area contributed by atoms with Gasteiger partial charge in [-0.2, -0.15) is 0 Å². The number of benzene rings is 2. The molecule has 5 heteroatoms. The van der Waals surface area contributed by atoms with E-state index in [0.29, 0.717) is 11.4 Å². The Morgan fingerprint density at radius 1 is 0.960 bits per heavy atom. The molecule has 0 aromatic heterocycles. The molecule has 0 unspecified atom stereocenters. The largest absolute Gasteiger partial charge is 0.351 e. The monoisotopic (exact) mass is 356 g/mol. The highest BCUT2D eigenvalue weighted by molar-refractivity contribution is 8.13. The fourth-order valence-corrected chi connectivity index (χ4v) is 2.96. The Labute approximate surface area is 153 Å². The van der Waals surface area contributed by atoms with Gasteiger partial charge < -0.3 is 10.6 Å². The normalized spacial score (nSPS) is 11.0. The summed E-state index contributed by atoms with van der Waals surface area (Å²) >= 11 is 1.22. The number of rotatable bonds is 5. The zero-order valence-corrected chi connectivity index (χ0v) is 15.7. The van der Waals surface area contributed by atoms with Crippen molar-refractivity contribution in [3.63, 3.8) is 0 Å². The zero-order valence-electron chi connectivity index (χ0n) is 14.8. The van der Waals surface area contributed by atoms with Crippen LogP contribution in [0.1, 0.15) is 31.9 Å². The molecule has 4 nitrogen and oxygen atoms in total. The van der Waals surface area contributed by atoms with Crippen molar-refractivity contribution in [1.29, 1.82) is 0 Å². The number of thioether (sulfide) groups is 1. The summed E-state index contributed by atoms with van der Waals surface area (Å²) in [6, 6.07) is 17.3. The minimum Gasteiger partial charge on any atom is -0.351 e. The van der Waals surface area contributed by atoms with Crippen LogP contribution < -0.4 is 10.6 Å². The van der Waals surface area contributed by atoms with Gasteiger partial charge in [0.1, 0.15) is 0 Å². The highest BCUT2D eigenvalue weighted by Crippen LogP contribution is 2.17. The van der Waals surface area contributed by atoms with Crippen molar-refractivity contribution < 1.29 is 9.59 Å². The van der Waals surface area contributed by atoms with Crippen LogP contribution in [0.15, 0.2) is 54.6 Å². The van der Waals surface area contributed by atoms with E-state index in [4.69, 9.17) is 0 Å². The summed E-state index contributed by atoms with van der Waals surface area (Å²) in [6.45, 7) is 5.85. The van der Waals surface area contributed by atoms with E-state index in [1.165, 1.54) is 11.8 Å². The molecule has 2 aromatic carbocycles. The van der Waals surface area contributed by atoms with Crippen LogP contribution >= 0.6 is 11.8 Å². The van der Waals surface area contributed by atoms with Crippen LogP contribution in [0.2, 0.25) is 0 Å². The van der Waals surface area contributed by atoms with Crippen LogP contribution in [0, 0.1) is 0 Å². The third-order valence-corrected chi connectivity index (χ3v) is 4.11. The SMILES string of the molecule is CC(C)(C)NC(=O)Cc1cccc(NC(=O)SCc2ccccc2)c1. The Balaban J connectivity index is 1.88. The van der Waals surface area contributed by atoms with Gasteiger partial charge in [-0.15, -0.1) is 0 Å². The first kappa shape index (κ1) is 19.1. The summed E-state index contributed by atoms with van der Waals surface area (Å²) in [7, 11) is 0. The van der Waals surface area contributed by atoms with E-state index in [2.05, 4.69) is 10.6 Å². The second-order valence-electron chi connectivity index (χ2n) is 6.86. The van der Waals surface area contributed by atoms with E-state index in [-0.39, 0.29) is 23.1 Å². The third-order valence-electron chi connectivity index (χ3n) is 3.27. The van der Waals surface area contributed by atoms with E-state index in [1.807, 2.05) is 75.4 Å². The van der Waals surface area contributed by atoms with Gasteiger partial charge in [0.15, 0.2) is 0 Å². The molecule has 132 valence electrons. The zero-order chi connectivity index (χ0) is 18.3. The van der Waals surface area contributed by atoms with Crippen molar-refractivity contribution in [3.05, 3.63) is 65.7 Å². The average molecular weight is 356 g/mol. The third kappa shape index (κ3) is 7.44. The molecule has 2 N–H and O–H groups in total. The minimum atomic E-state index is -0.253. The second kappa shape index (κ2) is 8.72. The Morgan fingerprint density at radius 3 is 2.32 bits per heavy atom. The van der Waals surface area contributed by atoms with Gasteiger partial charge in [0, 0.05) is 17.0 Å². The predicted octanol–water partition coefficient (Wildman–Crippen LogP) is 4.61. The molecule has 2 rings (SSSR count). The molecule has 0 aliphatic heterocycles. The van der Waals surface area contributed by atoms with Gasteiger partial charge in [-0.05, 0) is 44.0 Å². The lowest BCUT2D eigenvalue weighted by Crippen LogP contribution is -2.41. The van der Waals surface area contributed by atoms with Crippen molar-refractivity contribution in [3.8, 4) is 0 Å². The number of carbonyl (C=O) groups excluding carboxylic acids is 2. The fraction of sp³-hybridized carbons (Fsp3) is 0.300. The quantitative estimate of drug-likeness (QED) is 0.822. The van der Waals surface area contributed by atoms with Gasteiger partial charge in [0.2, 0.25) is 5.91 Å². The van der Waals surface area contributed by atoms with E-state index in [1.54, 1.807) is 0 Å². The van der Waals surface area contributed by atoms with E-state index >= 15 is 0 Å². The fourth-order valence-electron chi connectivity index (χ4n) is 2.28. The molecule has 0 spiro atoms. The van der Waals surface area contributed by atoms with Gasteiger partial charge in [0.25, 0.3) is 5.24 Å². The molecule has 0 fully saturated rings. The summed E-state index contributed by atoms with van der Waals surface area (Å²) in [5.41, 5.74) is 2.42. The lowest BCUT2D eigenvalue weighted by molar-refractivity contribution is -0.121. The Bertz CT molecular complexity index is 724. The molecule has 0 saturated carbocycles. The molecule has 0 radical (unpaired) electrons.